The summed E-state index contributed by atoms with van der Waals surface area (Å²) in [5.74, 6) is -0.180. The number of aliphatic hydroxyl groups excluding tert-OH is 1. The number of aryl methyl sites for hydroxylation is 1. The molecular weight excluding hydrogens is 320 g/mol. The van der Waals surface area contributed by atoms with Crippen LogP contribution in [0.4, 0.5) is 0 Å². The second kappa shape index (κ2) is 6.25. The normalized spacial score (nSPS) is 20.9. The van der Waals surface area contributed by atoms with Crippen LogP contribution in [0, 0.1) is 12.8 Å². The summed E-state index contributed by atoms with van der Waals surface area (Å²) in [5, 5.41) is 21.0. The Morgan fingerprint density at radius 2 is 2.12 bits per heavy atom. The number of aromatic nitrogens is 3. The third-order valence-corrected chi connectivity index (χ3v) is 4.75. The van der Waals surface area contributed by atoms with E-state index in [1.54, 1.807) is 13.1 Å². The number of fused-ring (bicyclic) bond motifs is 1. The number of rotatable bonds is 4. The lowest BCUT2D eigenvalue weighted by Gasteiger charge is -2.38. The van der Waals surface area contributed by atoms with Crippen LogP contribution in [0.5, 0.6) is 0 Å². The number of benzene rings is 1. The number of hydrogen-bond donors (Lipinski definition) is 2. The lowest BCUT2D eigenvalue weighted by molar-refractivity contribution is 0.0234. The van der Waals surface area contributed by atoms with Crippen LogP contribution in [0.1, 0.15) is 40.6 Å². The summed E-state index contributed by atoms with van der Waals surface area (Å²) in [6.45, 7) is 1.67. The molecule has 2 aromatic heterocycles. The Morgan fingerprint density at radius 1 is 1.32 bits per heavy atom. The molecule has 1 aliphatic carbocycles. The fourth-order valence-corrected chi connectivity index (χ4v) is 3.28. The quantitative estimate of drug-likeness (QED) is 0.756. The van der Waals surface area contributed by atoms with Crippen LogP contribution in [0.2, 0.25) is 0 Å². The van der Waals surface area contributed by atoms with E-state index >= 15 is 0 Å². The molecule has 1 atom stereocenters. The van der Waals surface area contributed by atoms with Gasteiger partial charge in [-0.05, 0) is 48.5 Å². The standard InChI is InChI=1S/C18H18N4O3/c1-10-16(22-25-21-10)18(24)20-17(12-7-14(23)8-12)13-6-11-4-2-3-5-15(11)19-9-13/h2-6,9,12,14,17,23H,7-8H2,1H3,(H,20,24)/t12?,14?,17-/m1/s1. The summed E-state index contributed by atoms with van der Waals surface area (Å²) in [4.78, 5) is 17.0. The highest BCUT2D eigenvalue weighted by Crippen LogP contribution is 2.38. The monoisotopic (exact) mass is 338 g/mol. The summed E-state index contributed by atoms with van der Waals surface area (Å²) in [6.07, 6.45) is 2.77. The molecule has 0 aliphatic heterocycles. The molecule has 2 N–H and O–H groups in total. The highest BCUT2D eigenvalue weighted by molar-refractivity contribution is 5.93. The minimum absolute atomic E-state index is 0.155. The minimum atomic E-state index is -0.335. The van der Waals surface area contributed by atoms with E-state index in [0.717, 1.165) is 16.5 Å². The number of carbonyl (C=O) groups is 1. The number of hydrogen-bond acceptors (Lipinski definition) is 6. The second-order valence-corrected chi connectivity index (χ2v) is 6.50. The van der Waals surface area contributed by atoms with Gasteiger partial charge in [0.2, 0.25) is 0 Å². The fraction of sp³-hybridized carbons (Fsp3) is 0.333. The number of nitrogens with one attached hydrogen (secondary N) is 1. The van der Waals surface area contributed by atoms with Crippen molar-refractivity contribution in [3.05, 3.63) is 53.5 Å². The Labute approximate surface area is 144 Å². The molecule has 0 spiro atoms. The zero-order valence-corrected chi connectivity index (χ0v) is 13.7. The van der Waals surface area contributed by atoms with Gasteiger partial charge >= 0.3 is 0 Å². The largest absolute Gasteiger partial charge is 0.393 e. The molecule has 0 bridgehead atoms. The van der Waals surface area contributed by atoms with Crippen molar-refractivity contribution in [2.75, 3.05) is 0 Å². The molecule has 25 heavy (non-hydrogen) atoms. The maximum atomic E-state index is 12.5. The van der Waals surface area contributed by atoms with Crippen molar-refractivity contribution in [3.8, 4) is 0 Å². The van der Waals surface area contributed by atoms with Crippen molar-refractivity contribution < 1.29 is 14.5 Å². The lowest BCUT2D eigenvalue weighted by atomic mass is 9.75. The molecule has 3 aromatic rings. The van der Waals surface area contributed by atoms with Crippen molar-refractivity contribution >= 4 is 16.8 Å². The molecule has 1 amide bonds. The number of pyridine rings is 1. The van der Waals surface area contributed by atoms with Crippen LogP contribution in [-0.4, -0.2) is 32.4 Å². The average molecular weight is 338 g/mol. The molecule has 7 heteroatoms. The smallest absolute Gasteiger partial charge is 0.275 e. The molecule has 4 rings (SSSR count). The number of carbonyl (C=O) groups excluding carboxylic acids is 1. The van der Waals surface area contributed by atoms with E-state index < -0.39 is 0 Å². The Hall–Kier alpha value is -2.80. The van der Waals surface area contributed by atoms with E-state index in [9.17, 15) is 9.90 Å². The zero-order chi connectivity index (χ0) is 17.4. The summed E-state index contributed by atoms with van der Waals surface area (Å²) >= 11 is 0. The molecule has 128 valence electrons. The van der Waals surface area contributed by atoms with E-state index in [2.05, 4.69) is 25.2 Å². The van der Waals surface area contributed by atoms with Crippen molar-refractivity contribution in [1.82, 2.24) is 20.6 Å². The van der Waals surface area contributed by atoms with E-state index in [-0.39, 0.29) is 29.7 Å². The maximum absolute atomic E-state index is 12.5. The number of nitrogens with zero attached hydrogens (tertiary/aromatic N) is 3. The molecule has 1 saturated carbocycles. The highest BCUT2D eigenvalue weighted by Gasteiger charge is 2.36. The van der Waals surface area contributed by atoms with E-state index in [1.807, 2.05) is 30.3 Å². The topological polar surface area (TPSA) is 101 Å². The SMILES string of the molecule is Cc1nonc1C(=O)N[C@@H](c1cnc2ccccc2c1)C1CC(O)C1. The van der Waals surface area contributed by atoms with E-state index in [4.69, 9.17) is 0 Å². The Morgan fingerprint density at radius 3 is 2.84 bits per heavy atom. The number of amides is 1. The molecule has 0 radical (unpaired) electrons. The molecule has 0 saturated heterocycles. The lowest BCUT2D eigenvalue weighted by Crippen LogP contribution is -2.41. The third kappa shape index (κ3) is 2.98. The molecule has 7 nitrogen and oxygen atoms in total. The van der Waals surface area contributed by atoms with Crippen molar-refractivity contribution in [2.24, 2.45) is 5.92 Å². The predicted molar refractivity (Wildman–Crippen MR) is 89.7 cm³/mol. The van der Waals surface area contributed by atoms with Crippen LogP contribution in [0.25, 0.3) is 10.9 Å². The van der Waals surface area contributed by atoms with Gasteiger partial charge in [0.1, 0.15) is 5.69 Å². The summed E-state index contributed by atoms with van der Waals surface area (Å²) in [7, 11) is 0. The molecule has 2 heterocycles. The van der Waals surface area contributed by atoms with Gasteiger partial charge in [-0.3, -0.25) is 9.78 Å². The first-order chi connectivity index (χ1) is 12.1. The molecule has 1 aliphatic rings. The van der Waals surface area contributed by atoms with Gasteiger partial charge in [-0.15, -0.1) is 0 Å². The first kappa shape index (κ1) is 15.7. The number of aliphatic hydroxyl groups is 1. The Bertz CT molecular complexity index is 917. The minimum Gasteiger partial charge on any atom is -0.393 e. The maximum Gasteiger partial charge on any atom is 0.275 e. The van der Waals surface area contributed by atoms with E-state index in [1.165, 1.54) is 0 Å². The van der Waals surface area contributed by atoms with Crippen molar-refractivity contribution in [2.45, 2.75) is 31.9 Å². The Balaban J connectivity index is 1.65. The number of para-hydroxylation sites is 1. The summed E-state index contributed by atoms with van der Waals surface area (Å²) < 4.78 is 4.62. The van der Waals surface area contributed by atoms with Gasteiger partial charge in [-0.1, -0.05) is 23.4 Å². The van der Waals surface area contributed by atoms with E-state index in [0.29, 0.717) is 18.5 Å². The van der Waals surface area contributed by atoms with Crippen LogP contribution >= 0.6 is 0 Å². The van der Waals surface area contributed by atoms with Crippen LogP contribution in [0.15, 0.2) is 41.2 Å². The van der Waals surface area contributed by atoms with Gasteiger partial charge in [0.15, 0.2) is 5.69 Å². The van der Waals surface area contributed by atoms with Crippen LogP contribution in [-0.2, 0) is 0 Å². The fourth-order valence-electron chi connectivity index (χ4n) is 3.28. The highest BCUT2D eigenvalue weighted by atomic mass is 16.6. The van der Waals surface area contributed by atoms with Crippen molar-refractivity contribution in [1.29, 1.82) is 0 Å². The first-order valence-corrected chi connectivity index (χ1v) is 8.24. The first-order valence-electron chi connectivity index (χ1n) is 8.24. The van der Waals surface area contributed by atoms with Gasteiger partial charge in [0.25, 0.3) is 5.91 Å². The third-order valence-electron chi connectivity index (χ3n) is 4.75. The summed E-state index contributed by atoms with van der Waals surface area (Å²) in [5.41, 5.74) is 2.44. The van der Waals surface area contributed by atoms with Gasteiger partial charge in [0, 0.05) is 11.6 Å². The Kier molecular flexibility index (Phi) is 3.93. The van der Waals surface area contributed by atoms with Gasteiger partial charge in [-0.2, -0.15) is 0 Å². The molecule has 1 fully saturated rings. The molecule has 0 unspecified atom stereocenters. The second-order valence-electron chi connectivity index (χ2n) is 6.50. The average Bonchev–Trinajstić information content (AvgIpc) is 3.03. The molecule has 1 aromatic carbocycles. The van der Waals surface area contributed by atoms with Gasteiger partial charge in [-0.25, -0.2) is 4.63 Å². The van der Waals surface area contributed by atoms with Gasteiger partial charge < -0.3 is 10.4 Å². The summed E-state index contributed by atoms with van der Waals surface area (Å²) in [6, 6.07) is 9.63. The van der Waals surface area contributed by atoms with Gasteiger partial charge in [0.05, 0.1) is 17.7 Å². The molecular formula is C18H18N4O3. The van der Waals surface area contributed by atoms with Crippen molar-refractivity contribution in [3.63, 3.8) is 0 Å². The van der Waals surface area contributed by atoms with Crippen LogP contribution in [0.3, 0.4) is 0 Å². The van der Waals surface area contributed by atoms with Crippen LogP contribution < -0.4 is 5.32 Å². The zero-order valence-electron chi connectivity index (χ0n) is 13.7. The predicted octanol–water partition coefficient (Wildman–Crippen LogP) is 2.17.